The van der Waals surface area contributed by atoms with Crippen LogP contribution in [0.25, 0.3) is 0 Å². The summed E-state index contributed by atoms with van der Waals surface area (Å²) >= 11 is 0. The third kappa shape index (κ3) is 3.24. The van der Waals surface area contributed by atoms with Gasteiger partial charge in [-0.05, 0) is 12.1 Å². The molecule has 124 valence electrons. The molecule has 23 heavy (non-hydrogen) atoms. The maximum atomic E-state index is 12.4. The molecule has 1 amide bonds. The molecule has 0 spiro atoms. The van der Waals surface area contributed by atoms with Crippen LogP contribution in [-0.2, 0) is 4.79 Å². The van der Waals surface area contributed by atoms with Gasteiger partial charge in [0.25, 0.3) is 5.91 Å². The summed E-state index contributed by atoms with van der Waals surface area (Å²) in [5, 5.41) is 29.8. The fourth-order valence-electron chi connectivity index (χ4n) is 2.44. The zero-order valence-corrected chi connectivity index (χ0v) is 12.4. The number of piperidine rings is 1. The number of aliphatic carboxylic acids is 1. The van der Waals surface area contributed by atoms with Crippen molar-refractivity contribution in [2.45, 2.75) is 18.4 Å². The van der Waals surface area contributed by atoms with Gasteiger partial charge in [0.15, 0.2) is 11.4 Å². The molecule has 0 saturated carbocycles. The number of hydrogen-bond donors (Lipinski definition) is 2. The van der Waals surface area contributed by atoms with Crippen molar-refractivity contribution in [3.8, 4) is 5.75 Å². The summed E-state index contributed by atoms with van der Waals surface area (Å²) < 4.78 is 4.88. The van der Waals surface area contributed by atoms with Crippen LogP contribution in [0.2, 0.25) is 0 Å². The number of carbonyl (C=O) groups excluding carboxylic acids is 1. The van der Waals surface area contributed by atoms with E-state index in [0.717, 1.165) is 6.07 Å². The van der Waals surface area contributed by atoms with Gasteiger partial charge in [0, 0.05) is 37.6 Å². The van der Waals surface area contributed by atoms with Crippen molar-refractivity contribution in [3.63, 3.8) is 0 Å². The minimum atomic E-state index is -1.83. The molecule has 2 rings (SSSR count). The first-order valence-electron chi connectivity index (χ1n) is 6.86. The van der Waals surface area contributed by atoms with Gasteiger partial charge in [-0.25, -0.2) is 4.79 Å². The molecule has 1 fully saturated rings. The molecule has 9 heteroatoms. The van der Waals surface area contributed by atoms with Crippen molar-refractivity contribution >= 4 is 17.6 Å². The Morgan fingerprint density at radius 3 is 2.43 bits per heavy atom. The van der Waals surface area contributed by atoms with Crippen LogP contribution in [-0.4, -0.2) is 57.7 Å². The summed E-state index contributed by atoms with van der Waals surface area (Å²) in [6.45, 7) is 0.114. The van der Waals surface area contributed by atoms with E-state index >= 15 is 0 Å². The molecule has 1 aliphatic rings. The normalized spacial score (nSPS) is 16.7. The minimum Gasteiger partial charge on any atom is -0.490 e. The van der Waals surface area contributed by atoms with Gasteiger partial charge in [-0.2, -0.15) is 0 Å². The molecule has 0 radical (unpaired) electrons. The SMILES string of the molecule is COc1ccc(C(=O)N2CCC(O)(C(=O)O)CC2)cc1[N+](=O)[O-]. The number of rotatable bonds is 4. The highest BCUT2D eigenvalue weighted by atomic mass is 16.6. The van der Waals surface area contributed by atoms with Gasteiger partial charge in [-0.15, -0.1) is 0 Å². The van der Waals surface area contributed by atoms with Crippen molar-refractivity contribution in [2.75, 3.05) is 20.2 Å². The summed E-state index contributed by atoms with van der Waals surface area (Å²) in [7, 11) is 1.29. The van der Waals surface area contributed by atoms with Gasteiger partial charge in [0.05, 0.1) is 12.0 Å². The van der Waals surface area contributed by atoms with Crippen LogP contribution in [0.1, 0.15) is 23.2 Å². The van der Waals surface area contributed by atoms with Gasteiger partial charge in [-0.1, -0.05) is 0 Å². The maximum Gasteiger partial charge on any atom is 0.335 e. The number of aliphatic hydroxyl groups is 1. The van der Waals surface area contributed by atoms with Crippen LogP contribution >= 0.6 is 0 Å². The Morgan fingerprint density at radius 2 is 1.96 bits per heavy atom. The average Bonchev–Trinajstić information content (AvgIpc) is 2.54. The second kappa shape index (κ2) is 6.21. The predicted molar refractivity (Wildman–Crippen MR) is 77.4 cm³/mol. The Labute approximate surface area is 131 Å². The van der Waals surface area contributed by atoms with Crippen molar-refractivity contribution in [1.29, 1.82) is 0 Å². The maximum absolute atomic E-state index is 12.4. The summed E-state index contributed by atoms with van der Waals surface area (Å²) in [5.74, 6) is -1.72. The third-order valence-electron chi connectivity index (χ3n) is 3.90. The first-order valence-corrected chi connectivity index (χ1v) is 6.86. The van der Waals surface area contributed by atoms with Crippen molar-refractivity contribution < 1.29 is 29.5 Å². The Hall–Kier alpha value is -2.68. The van der Waals surface area contributed by atoms with Gasteiger partial charge in [-0.3, -0.25) is 14.9 Å². The van der Waals surface area contributed by atoms with Crippen molar-refractivity contribution in [1.82, 2.24) is 4.90 Å². The number of likely N-dealkylation sites (tertiary alicyclic amines) is 1. The average molecular weight is 324 g/mol. The number of nitro benzene ring substituents is 1. The van der Waals surface area contributed by atoms with Crippen molar-refractivity contribution in [3.05, 3.63) is 33.9 Å². The lowest BCUT2D eigenvalue weighted by atomic mass is 9.91. The Kier molecular flexibility index (Phi) is 4.50. The van der Waals surface area contributed by atoms with E-state index in [9.17, 15) is 24.8 Å². The van der Waals surface area contributed by atoms with Crippen LogP contribution in [0.4, 0.5) is 5.69 Å². The second-order valence-electron chi connectivity index (χ2n) is 5.27. The molecule has 0 aromatic heterocycles. The molecule has 1 saturated heterocycles. The quantitative estimate of drug-likeness (QED) is 0.614. The fraction of sp³-hybridized carbons (Fsp3) is 0.429. The lowest BCUT2D eigenvalue weighted by Crippen LogP contribution is -2.50. The van der Waals surface area contributed by atoms with Crippen LogP contribution in [0.5, 0.6) is 5.75 Å². The number of carboxylic acids is 1. The smallest absolute Gasteiger partial charge is 0.335 e. The molecular weight excluding hydrogens is 308 g/mol. The topological polar surface area (TPSA) is 130 Å². The first-order chi connectivity index (χ1) is 10.8. The Morgan fingerprint density at radius 1 is 1.35 bits per heavy atom. The number of methoxy groups -OCH3 is 1. The van der Waals surface area contributed by atoms with E-state index in [1.165, 1.54) is 24.1 Å². The van der Waals surface area contributed by atoms with Crippen LogP contribution < -0.4 is 4.74 Å². The third-order valence-corrected chi connectivity index (χ3v) is 3.90. The van der Waals surface area contributed by atoms with E-state index in [0.29, 0.717) is 0 Å². The number of benzene rings is 1. The largest absolute Gasteiger partial charge is 0.490 e. The molecular formula is C14H16N2O7. The van der Waals surface area contributed by atoms with Crippen LogP contribution in [0, 0.1) is 10.1 Å². The Bertz CT molecular complexity index is 651. The number of carboxylic acid groups (broad SMARTS) is 1. The molecule has 0 unspecified atom stereocenters. The Balaban J connectivity index is 2.17. The zero-order chi connectivity index (χ0) is 17.2. The molecule has 1 heterocycles. The van der Waals surface area contributed by atoms with E-state index in [4.69, 9.17) is 9.84 Å². The monoisotopic (exact) mass is 324 g/mol. The molecule has 2 N–H and O–H groups in total. The number of carbonyl (C=O) groups is 2. The van der Waals surface area contributed by atoms with Crippen LogP contribution in [0.3, 0.4) is 0 Å². The molecule has 1 aromatic carbocycles. The van der Waals surface area contributed by atoms with Gasteiger partial charge in [0.2, 0.25) is 0 Å². The molecule has 9 nitrogen and oxygen atoms in total. The predicted octanol–water partition coefficient (Wildman–Crippen LogP) is 0.655. The minimum absolute atomic E-state index is 0.0467. The summed E-state index contributed by atoms with van der Waals surface area (Å²) in [6, 6.07) is 3.87. The fourth-order valence-corrected chi connectivity index (χ4v) is 2.44. The van der Waals surface area contributed by atoms with E-state index in [1.807, 2.05) is 0 Å². The number of nitrogens with zero attached hydrogens (tertiary/aromatic N) is 2. The first kappa shape index (κ1) is 16.7. The summed E-state index contributed by atoms with van der Waals surface area (Å²) in [5.41, 5.74) is -2.04. The lowest BCUT2D eigenvalue weighted by Gasteiger charge is -2.35. The van der Waals surface area contributed by atoms with E-state index in [2.05, 4.69) is 0 Å². The highest BCUT2D eigenvalue weighted by Gasteiger charge is 2.40. The number of ether oxygens (including phenoxy) is 1. The zero-order valence-electron chi connectivity index (χ0n) is 12.4. The van der Waals surface area contributed by atoms with Crippen molar-refractivity contribution in [2.24, 2.45) is 0 Å². The highest BCUT2D eigenvalue weighted by Crippen LogP contribution is 2.29. The van der Waals surface area contributed by atoms with E-state index in [1.54, 1.807) is 0 Å². The summed E-state index contributed by atoms with van der Waals surface area (Å²) in [4.78, 5) is 35.1. The highest BCUT2D eigenvalue weighted by molar-refractivity contribution is 5.95. The molecule has 0 aliphatic carbocycles. The second-order valence-corrected chi connectivity index (χ2v) is 5.27. The van der Waals surface area contributed by atoms with Gasteiger partial charge in [0.1, 0.15) is 0 Å². The number of hydrogen-bond acceptors (Lipinski definition) is 6. The lowest BCUT2D eigenvalue weighted by molar-refractivity contribution is -0.385. The molecule has 1 aromatic rings. The molecule has 0 bridgehead atoms. The van der Waals surface area contributed by atoms with Gasteiger partial charge >= 0.3 is 11.7 Å². The van der Waals surface area contributed by atoms with E-state index in [-0.39, 0.29) is 42.9 Å². The standard InChI is InChI=1S/C14H16N2O7/c1-23-11-3-2-9(8-10(11)16(21)22)12(17)15-6-4-14(20,5-7-15)13(18)19/h2-3,8,20H,4-7H2,1H3,(H,18,19). The van der Waals surface area contributed by atoms with Gasteiger partial charge < -0.3 is 19.8 Å². The number of amides is 1. The molecule has 0 atom stereocenters. The van der Waals surface area contributed by atoms with Crippen LogP contribution in [0.15, 0.2) is 18.2 Å². The molecule has 1 aliphatic heterocycles. The van der Waals surface area contributed by atoms with E-state index < -0.39 is 22.4 Å². The number of nitro groups is 1. The summed E-state index contributed by atoms with van der Waals surface area (Å²) in [6.07, 6.45) is -0.182.